The number of rotatable bonds is 6. The quantitative estimate of drug-likeness (QED) is 0.766. The Morgan fingerprint density at radius 1 is 1.26 bits per heavy atom. The molecule has 122 valence electrons. The molecule has 23 heavy (non-hydrogen) atoms. The van der Waals surface area contributed by atoms with E-state index in [1.54, 1.807) is 20.2 Å². The fourth-order valence-corrected chi connectivity index (χ4v) is 2.31. The molecule has 0 unspecified atom stereocenters. The third kappa shape index (κ3) is 4.96. The van der Waals surface area contributed by atoms with Gasteiger partial charge in [0, 0.05) is 18.1 Å². The molecule has 0 radical (unpaired) electrons. The van der Waals surface area contributed by atoms with Crippen molar-refractivity contribution in [2.75, 3.05) is 20.8 Å². The van der Waals surface area contributed by atoms with Crippen LogP contribution in [-0.4, -0.2) is 31.6 Å². The van der Waals surface area contributed by atoms with Gasteiger partial charge in [0.1, 0.15) is 5.75 Å². The van der Waals surface area contributed by atoms with E-state index >= 15 is 0 Å². The summed E-state index contributed by atoms with van der Waals surface area (Å²) in [6.45, 7) is 0.196. The number of ether oxygens (including phenoxy) is 2. The van der Waals surface area contributed by atoms with Crippen LogP contribution in [0.5, 0.6) is 11.5 Å². The highest BCUT2D eigenvalue weighted by atomic mass is 79.9. The van der Waals surface area contributed by atoms with E-state index in [0.29, 0.717) is 11.0 Å². The van der Waals surface area contributed by atoms with E-state index in [4.69, 9.17) is 9.47 Å². The van der Waals surface area contributed by atoms with Crippen molar-refractivity contribution in [2.45, 2.75) is 6.54 Å². The maximum atomic E-state index is 13.6. The van der Waals surface area contributed by atoms with Gasteiger partial charge in [0.25, 0.3) is 5.91 Å². The first-order valence-electron chi connectivity index (χ1n) is 6.94. The number of nitrogens with zero attached hydrogens (tertiary/aromatic N) is 1. The van der Waals surface area contributed by atoms with Crippen LogP contribution in [0.1, 0.15) is 5.56 Å². The molecule has 0 N–H and O–H groups in total. The number of benzene rings is 2. The van der Waals surface area contributed by atoms with E-state index in [2.05, 4.69) is 15.9 Å². The third-order valence-electron chi connectivity index (χ3n) is 3.22. The predicted molar refractivity (Wildman–Crippen MR) is 89.1 cm³/mol. The van der Waals surface area contributed by atoms with E-state index in [1.165, 1.54) is 17.0 Å². The largest absolute Gasteiger partial charge is 0.497 e. The summed E-state index contributed by atoms with van der Waals surface area (Å²) >= 11 is 3.17. The lowest BCUT2D eigenvalue weighted by atomic mass is 10.2. The molecule has 6 heteroatoms. The Morgan fingerprint density at radius 2 is 2.04 bits per heavy atom. The number of halogens is 2. The minimum Gasteiger partial charge on any atom is -0.497 e. The number of methoxy groups -OCH3 is 1. The second kappa shape index (κ2) is 7.97. The van der Waals surface area contributed by atoms with Crippen molar-refractivity contribution < 1.29 is 18.7 Å². The Labute approximate surface area is 142 Å². The summed E-state index contributed by atoms with van der Waals surface area (Å²) in [4.78, 5) is 13.6. The van der Waals surface area contributed by atoms with Gasteiger partial charge in [-0.2, -0.15) is 0 Å². The molecule has 4 nitrogen and oxygen atoms in total. The number of amides is 1. The van der Waals surface area contributed by atoms with Gasteiger partial charge in [-0.3, -0.25) is 4.79 Å². The van der Waals surface area contributed by atoms with Crippen molar-refractivity contribution in [1.29, 1.82) is 0 Å². The van der Waals surface area contributed by atoms with Crippen molar-refractivity contribution in [3.8, 4) is 11.5 Å². The normalized spacial score (nSPS) is 10.3. The molecule has 0 aromatic heterocycles. The SMILES string of the molecule is COc1cccc(CN(C)C(=O)COc2ccc(Br)cc2F)c1. The summed E-state index contributed by atoms with van der Waals surface area (Å²) in [6.07, 6.45) is 0. The van der Waals surface area contributed by atoms with E-state index in [-0.39, 0.29) is 18.3 Å². The molecule has 0 aliphatic carbocycles. The summed E-state index contributed by atoms with van der Waals surface area (Å²) in [5, 5.41) is 0. The van der Waals surface area contributed by atoms with Crippen LogP contribution < -0.4 is 9.47 Å². The number of likely N-dealkylation sites (N-methyl/N-ethyl adjacent to an activating group) is 1. The fraction of sp³-hybridized carbons (Fsp3) is 0.235. The standard InChI is InChI=1S/C17H17BrFNO3/c1-20(10-12-4-3-5-14(8-12)22-2)17(21)11-23-16-7-6-13(18)9-15(16)19/h3-9H,10-11H2,1-2H3. The summed E-state index contributed by atoms with van der Waals surface area (Å²) in [7, 11) is 3.26. The minimum absolute atomic E-state index is 0.0522. The van der Waals surface area contributed by atoms with E-state index in [1.807, 2.05) is 24.3 Å². The van der Waals surface area contributed by atoms with Crippen LogP contribution in [0.2, 0.25) is 0 Å². The van der Waals surface area contributed by atoms with Gasteiger partial charge in [-0.05, 0) is 35.9 Å². The lowest BCUT2D eigenvalue weighted by Gasteiger charge is -2.18. The second-order valence-electron chi connectivity index (χ2n) is 4.96. The Bertz CT molecular complexity index is 693. The van der Waals surface area contributed by atoms with Crippen LogP contribution >= 0.6 is 15.9 Å². The monoisotopic (exact) mass is 381 g/mol. The van der Waals surface area contributed by atoms with Crippen molar-refractivity contribution in [1.82, 2.24) is 4.90 Å². The molecule has 0 atom stereocenters. The molecule has 0 aliphatic heterocycles. The molecule has 0 fully saturated rings. The van der Waals surface area contributed by atoms with Crippen LogP contribution in [0.3, 0.4) is 0 Å². The molecule has 2 aromatic rings. The van der Waals surface area contributed by atoms with Gasteiger partial charge >= 0.3 is 0 Å². The first kappa shape index (κ1) is 17.3. The molecule has 0 bridgehead atoms. The molecule has 0 saturated carbocycles. The zero-order valence-corrected chi connectivity index (χ0v) is 14.5. The van der Waals surface area contributed by atoms with Crippen molar-refractivity contribution in [2.24, 2.45) is 0 Å². The smallest absolute Gasteiger partial charge is 0.260 e. The summed E-state index contributed by atoms with van der Waals surface area (Å²) < 4.78 is 24.7. The Hall–Kier alpha value is -2.08. The Kier molecular flexibility index (Phi) is 5.98. The molecule has 0 aliphatic rings. The van der Waals surface area contributed by atoms with Crippen molar-refractivity contribution >= 4 is 21.8 Å². The average molecular weight is 382 g/mol. The van der Waals surface area contributed by atoms with Gasteiger partial charge in [0.05, 0.1) is 7.11 Å². The highest BCUT2D eigenvalue weighted by molar-refractivity contribution is 9.10. The van der Waals surface area contributed by atoms with Gasteiger partial charge < -0.3 is 14.4 Å². The van der Waals surface area contributed by atoms with E-state index in [9.17, 15) is 9.18 Å². The highest BCUT2D eigenvalue weighted by Gasteiger charge is 2.12. The number of carbonyl (C=O) groups is 1. The van der Waals surface area contributed by atoms with E-state index in [0.717, 1.165) is 11.3 Å². The summed E-state index contributed by atoms with van der Waals surface area (Å²) in [5.41, 5.74) is 0.940. The van der Waals surface area contributed by atoms with Gasteiger partial charge in [0.15, 0.2) is 18.2 Å². The van der Waals surface area contributed by atoms with E-state index < -0.39 is 5.82 Å². The summed E-state index contributed by atoms with van der Waals surface area (Å²) in [5.74, 6) is 0.0330. The van der Waals surface area contributed by atoms with Gasteiger partial charge in [-0.25, -0.2) is 4.39 Å². The Morgan fingerprint density at radius 3 is 2.74 bits per heavy atom. The maximum absolute atomic E-state index is 13.6. The first-order chi connectivity index (χ1) is 11.0. The lowest BCUT2D eigenvalue weighted by molar-refractivity contribution is -0.132. The van der Waals surface area contributed by atoms with Crippen molar-refractivity contribution in [3.63, 3.8) is 0 Å². The van der Waals surface area contributed by atoms with Crippen molar-refractivity contribution in [3.05, 3.63) is 58.3 Å². The summed E-state index contributed by atoms with van der Waals surface area (Å²) in [6, 6.07) is 11.9. The molecule has 2 rings (SSSR count). The maximum Gasteiger partial charge on any atom is 0.260 e. The number of hydrogen-bond acceptors (Lipinski definition) is 3. The predicted octanol–water partition coefficient (Wildman–Crippen LogP) is 3.63. The highest BCUT2D eigenvalue weighted by Crippen LogP contribution is 2.21. The second-order valence-corrected chi connectivity index (χ2v) is 5.88. The van der Waals surface area contributed by atoms with Gasteiger partial charge in [-0.15, -0.1) is 0 Å². The molecule has 2 aromatic carbocycles. The number of hydrogen-bond donors (Lipinski definition) is 0. The molecular weight excluding hydrogens is 365 g/mol. The lowest BCUT2D eigenvalue weighted by Crippen LogP contribution is -2.31. The average Bonchev–Trinajstić information content (AvgIpc) is 2.54. The Balaban J connectivity index is 1.91. The third-order valence-corrected chi connectivity index (χ3v) is 3.72. The van der Waals surface area contributed by atoms with Crippen LogP contribution in [-0.2, 0) is 11.3 Å². The van der Waals surface area contributed by atoms with Crippen LogP contribution in [0, 0.1) is 5.82 Å². The van der Waals surface area contributed by atoms with Crippen LogP contribution in [0.15, 0.2) is 46.9 Å². The minimum atomic E-state index is -0.511. The topological polar surface area (TPSA) is 38.8 Å². The van der Waals surface area contributed by atoms with Crippen LogP contribution in [0.25, 0.3) is 0 Å². The fourth-order valence-electron chi connectivity index (χ4n) is 1.97. The molecule has 0 heterocycles. The molecular formula is C17H17BrFNO3. The molecule has 0 spiro atoms. The first-order valence-corrected chi connectivity index (χ1v) is 7.73. The molecule has 1 amide bonds. The van der Waals surface area contributed by atoms with Crippen LogP contribution in [0.4, 0.5) is 4.39 Å². The number of carbonyl (C=O) groups excluding carboxylic acids is 1. The van der Waals surface area contributed by atoms with Gasteiger partial charge in [0.2, 0.25) is 0 Å². The zero-order valence-electron chi connectivity index (χ0n) is 12.9. The van der Waals surface area contributed by atoms with Gasteiger partial charge in [-0.1, -0.05) is 28.1 Å². The zero-order chi connectivity index (χ0) is 16.8. The molecule has 0 saturated heterocycles.